The molecular formula is C21H30F3NO2. The summed E-state index contributed by atoms with van der Waals surface area (Å²) in [6.07, 6.45) is -2.46. The van der Waals surface area contributed by atoms with Crippen molar-refractivity contribution in [1.29, 1.82) is 0 Å². The molecule has 0 amide bonds. The van der Waals surface area contributed by atoms with Crippen molar-refractivity contribution in [2.24, 2.45) is 11.3 Å². The topological polar surface area (TPSA) is 43.7 Å². The van der Waals surface area contributed by atoms with Gasteiger partial charge < -0.3 is 15.1 Å². The fourth-order valence-corrected chi connectivity index (χ4v) is 4.60. The molecule has 1 aromatic rings. The van der Waals surface area contributed by atoms with Gasteiger partial charge in [0, 0.05) is 24.7 Å². The Balaban J connectivity index is 1.63. The van der Waals surface area contributed by atoms with Crippen LogP contribution in [0.15, 0.2) is 24.3 Å². The van der Waals surface area contributed by atoms with E-state index in [0.717, 1.165) is 25.2 Å². The van der Waals surface area contributed by atoms with Crippen LogP contribution >= 0.6 is 0 Å². The van der Waals surface area contributed by atoms with Gasteiger partial charge in [0.2, 0.25) is 0 Å². The SMILES string of the molecule is CC(C)(C)c1ccc(N2CCC3(CCC(C(O)(O)C(F)(F)F)CC3)C2)cc1. The van der Waals surface area contributed by atoms with Crippen molar-refractivity contribution < 1.29 is 23.4 Å². The summed E-state index contributed by atoms with van der Waals surface area (Å²) >= 11 is 0. The van der Waals surface area contributed by atoms with Crippen LogP contribution < -0.4 is 4.90 Å². The molecule has 1 aromatic carbocycles. The average Bonchev–Trinajstić information content (AvgIpc) is 2.97. The third kappa shape index (κ3) is 3.97. The summed E-state index contributed by atoms with van der Waals surface area (Å²) in [5, 5.41) is 19.1. The summed E-state index contributed by atoms with van der Waals surface area (Å²) in [6.45, 7) is 8.24. The Morgan fingerprint density at radius 3 is 2.00 bits per heavy atom. The molecule has 3 rings (SSSR count). The molecule has 1 aliphatic carbocycles. The van der Waals surface area contributed by atoms with Gasteiger partial charge in [-0.05, 0) is 60.6 Å². The van der Waals surface area contributed by atoms with E-state index in [4.69, 9.17) is 0 Å². The van der Waals surface area contributed by atoms with E-state index in [2.05, 4.69) is 49.9 Å². The standard InChI is InChI=1S/C21H30F3NO2/c1-18(2,3)15-4-6-17(7-5-15)25-13-12-19(14-25)10-8-16(9-11-19)20(26,27)21(22,23)24/h4-7,16,26-27H,8-14H2,1-3H3. The summed E-state index contributed by atoms with van der Waals surface area (Å²) in [4.78, 5) is 2.31. The number of benzene rings is 1. The molecule has 0 atom stereocenters. The fraction of sp³-hybridized carbons (Fsp3) is 0.714. The van der Waals surface area contributed by atoms with Crippen LogP contribution in [-0.2, 0) is 5.41 Å². The van der Waals surface area contributed by atoms with E-state index >= 15 is 0 Å². The molecule has 0 aromatic heterocycles. The van der Waals surface area contributed by atoms with Crippen molar-refractivity contribution in [3.05, 3.63) is 29.8 Å². The van der Waals surface area contributed by atoms with Crippen molar-refractivity contribution in [2.75, 3.05) is 18.0 Å². The second kappa shape index (κ2) is 6.66. The molecule has 6 heteroatoms. The maximum absolute atomic E-state index is 12.9. The van der Waals surface area contributed by atoms with Gasteiger partial charge in [0.15, 0.2) is 0 Å². The minimum atomic E-state index is -5.00. The first kappa shape index (κ1) is 20.5. The predicted octanol–water partition coefficient (Wildman–Crippen LogP) is 4.61. The highest BCUT2D eigenvalue weighted by atomic mass is 19.4. The maximum atomic E-state index is 12.9. The van der Waals surface area contributed by atoms with Gasteiger partial charge in [-0.25, -0.2) is 0 Å². The van der Waals surface area contributed by atoms with Crippen LogP contribution in [0.25, 0.3) is 0 Å². The van der Waals surface area contributed by atoms with Crippen molar-refractivity contribution in [1.82, 2.24) is 0 Å². The van der Waals surface area contributed by atoms with Crippen molar-refractivity contribution in [3.8, 4) is 0 Å². The second-order valence-corrected chi connectivity index (χ2v) is 9.47. The van der Waals surface area contributed by atoms with Gasteiger partial charge in [-0.1, -0.05) is 32.9 Å². The highest BCUT2D eigenvalue weighted by Crippen LogP contribution is 2.50. The lowest BCUT2D eigenvalue weighted by Gasteiger charge is -2.42. The van der Waals surface area contributed by atoms with Crippen LogP contribution in [0.5, 0.6) is 0 Å². The monoisotopic (exact) mass is 385 g/mol. The molecule has 2 aliphatic rings. The van der Waals surface area contributed by atoms with Gasteiger partial charge in [-0.3, -0.25) is 0 Å². The summed E-state index contributed by atoms with van der Waals surface area (Å²) in [5.74, 6) is -4.71. The van der Waals surface area contributed by atoms with E-state index in [1.54, 1.807) is 0 Å². The number of aliphatic hydroxyl groups is 2. The van der Waals surface area contributed by atoms with E-state index in [1.807, 2.05) is 0 Å². The summed E-state index contributed by atoms with van der Waals surface area (Å²) < 4.78 is 38.6. The van der Waals surface area contributed by atoms with Crippen LogP contribution in [0.4, 0.5) is 18.9 Å². The van der Waals surface area contributed by atoms with Crippen LogP contribution in [0, 0.1) is 11.3 Å². The summed E-state index contributed by atoms with van der Waals surface area (Å²) in [7, 11) is 0. The smallest absolute Gasteiger partial charge is 0.371 e. The number of alkyl halides is 3. The van der Waals surface area contributed by atoms with E-state index < -0.39 is 17.9 Å². The quantitative estimate of drug-likeness (QED) is 0.731. The largest absolute Gasteiger partial charge is 0.443 e. The van der Waals surface area contributed by atoms with Gasteiger partial charge in [0.25, 0.3) is 5.79 Å². The third-order valence-corrected chi connectivity index (χ3v) is 6.57. The Morgan fingerprint density at radius 2 is 1.52 bits per heavy atom. The molecule has 1 saturated carbocycles. The number of halogens is 3. The maximum Gasteiger partial charge on any atom is 0.443 e. The zero-order valence-corrected chi connectivity index (χ0v) is 16.3. The zero-order chi connectivity index (χ0) is 20.1. The van der Waals surface area contributed by atoms with E-state index in [9.17, 15) is 23.4 Å². The van der Waals surface area contributed by atoms with Crippen LogP contribution in [0.1, 0.15) is 58.4 Å². The highest BCUT2D eigenvalue weighted by molar-refractivity contribution is 5.50. The van der Waals surface area contributed by atoms with Crippen LogP contribution in [0.3, 0.4) is 0 Å². The van der Waals surface area contributed by atoms with Gasteiger partial charge in [-0.2, -0.15) is 13.2 Å². The number of anilines is 1. The average molecular weight is 385 g/mol. The molecular weight excluding hydrogens is 355 g/mol. The number of hydrogen-bond acceptors (Lipinski definition) is 3. The van der Waals surface area contributed by atoms with E-state index in [1.165, 1.54) is 5.56 Å². The minimum Gasteiger partial charge on any atom is -0.371 e. The molecule has 0 unspecified atom stereocenters. The summed E-state index contributed by atoms with van der Waals surface area (Å²) in [5.41, 5.74) is 2.51. The van der Waals surface area contributed by atoms with Crippen molar-refractivity contribution in [2.45, 2.75) is 70.3 Å². The number of rotatable bonds is 2. The molecule has 1 aliphatic heterocycles. The lowest BCUT2D eigenvalue weighted by atomic mass is 9.68. The number of hydrogen-bond donors (Lipinski definition) is 2. The molecule has 1 heterocycles. The molecule has 2 fully saturated rings. The van der Waals surface area contributed by atoms with E-state index in [-0.39, 0.29) is 23.7 Å². The molecule has 1 saturated heterocycles. The summed E-state index contributed by atoms with van der Waals surface area (Å²) in [6, 6.07) is 8.54. The Bertz CT molecular complexity index is 653. The van der Waals surface area contributed by atoms with Crippen molar-refractivity contribution >= 4 is 5.69 Å². The number of nitrogens with zero attached hydrogens (tertiary/aromatic N) is 1. The first-order valence-electron chi connectivity index (χ1n) is 9.71. The Labute approximate surface area is 159 Å². The van der Waals surface area contributed by atoms with Crippen LogP contribution in [-0.4, -0.2) is 35.3 Å². The fourth-order valence-electron chi connectivity index (χ4n) is 4.60. The Hall–Kier alpha value is -1.27. The minimum absolute atomic E-state index is 0.0130. The molecule has 152 valence electrons. The van der Waals surface area contributed by atoms with E-state index in [0.29, 0.717) is 12.8 Å². The lowest BCUT2D eigenvalue weighted by Crippen LogP contribution is -2.53. The Kier molecular flexibility index (Phi) is 5.05. The van der Waals surface area contributed by atoms with Gasteiger partial charge >= 0.3 is 6.18 Å². The first-order valence-corrected chi connectivity index (χ1v) is 9.71. The molecule has 27 heavy (non-hydrogen) atoms. The third-order valence-electron chi connectivity index (χ3n) is 6.57. The van der Waals surface area contributed by atoms with Crippen LogP contribution in [0.2, 0.25) is 0 Å². The normalized spacial score (nSPS) is 27.4. The lowest BCUT2D eigenvalue weighted by molar-refractivity contribution is -0.373. The first-order chi connectivity index (χ1) is 12.3. The second-order valence-electron chi connectivity index (χ2n) is 9.47. The molecule has 1 spiro atoms. The molecule has 2 N–H and O–H groups in total. The molecule has 0 bridgehead atoms. The zero-order valence-electron chi connectivity index (χ0n) is 16.3. The van der Waals surface area contributed by atoms with Gasteiger partial charge in [0.05, 0.1) is 0 Å². The predicted molar refractivity (Wildman–Crippen MR) is 99.6 cm³/mol. The van der Waals surface area contributed by atoms with Crippen molar-refractivity contribution in [3.63, 3.8) is 0 Å². The molecule has 0 radical (unpaired) electrons. The Morgan fingerprint density at radius 1 is 0.963 bits per heavy atom. The van der Waals surface area contributed by atoms with Gasteiger partial charge in [-0.15, -0.1) is 0 Å². The molecule has 3 nitrogen and oxygen atoms in total. The van der Waals surface area contributed by atoms with Gasteiger partial charge in [0.1, 0.15) is 0 Å². The highest BCUT2D eigenvalue weighted by Gasteiger charge is 2.59.